The summed E-state index contributed by atoms with van der Waals surface area (Å²) in [5.41, 5.74) is 2.26. The fraction of sp³-hybridized carbons (Fsp3) is 0.269. The van der Waals surface area contributed by atoms with Crippen molar-refractivity contribution in [2.45, 2.75) is 31.7 Å². The number of ketones is 1. The van der Waals surface area contributed by atoms with Crippen LogP contribution >= 0.6 is 0 Å². The van der Waals surface area contributed by atoms with E-state index in [0.717, 1.165) is 11.1 Å². The van der Waals surface area contributed by atoms with Crippen molar-refractivity contribution in [2.75, 3.05) is 14.1 Å². The summed E-state index contributed by atoms with van der Waals surface area (Å²) < 4.78 is 13.8. The van der Waals surface area contributed by atoms with Crippen molar-refractivity contribution in [1.82, 2.24) is 4.90 Å². The van der Waals surface area contributed by atoms with Crippen LogP contribution in [0.1, 0.15) is 40.4 Å². The van der Waals surface area contributed by atoms with Gasteiger partial charge in [0.05, 0.1) is 5.41 Å². The second-order valence-electron chi connectivity index (χ2n) is 7.94. The topological polar surface area (TPSA) is 20.3 Å². The number of hydrogen-bond donors (Lipinski definition) is 0. The van der Waals surface area contributed by atoms with Gasteiger partial charge in [0.15, 0.2) is 5.78 Å². The molecule has 0 aromatic heterocycles. The van der Waals surface area contributed by atoms with Crippen LogP contribution < -0.4 is 0 Å². The molecule has 0 bridgehead atoms. The molecule has 29 heavy (non-hydrogen) atoms. The van der Waals surface area contributed by atoms with Gasteiger partial charge < -0.3 is 4.90 Å². The summed E-state index contributed by atoms with van der Waals surface area (Å²) in [6, 6.07) is 24.5. The Morgan fingerprint density at radius 1 is 0.931 bits per heavy atom. The molecule has 3 aromatic carbocycles. The number of hydrogen-bond acceptors (Lipinski definition) is 2. The van der Waals surface area contributed by atoms with E-state index in [1.54, 1.807) is 13.0 Å². The van der Waals surface area contributed by atoms with Crippen LogP contribution in [0.15, 0.2) is 78.9 Å². The summed E-state index contributed by atoms with van der Waals surface area (Å²) >= 11 is 0. The summed E-state index contributed by atoms with van der Waals surface area (Å²) in [5.74, 6) is -0.327. The summed E-state index contributed by atoms with van der Waals surface area (Å²) in [6.07, 6.45) is 0.615. The van der Waals surface area contributed by atoms with Crippen molar-refractivity contribution in [2.24, 2.45) is 0 Å². The Morgan fingerprint density at radius 2 is 1.45 bits per heavy atom. The molecular formula is C26H28FNO. The molecule has 0 saturated heterocycles. The van der Waals surface area contributed by atoms with Gasteiger partial charge in [-0.1, -0.05) is 60.7 Å². The van der Waals surface area contributed by atoms with Crippen molar-refractivity contribution >= 4 is 5.78 Å². The van der Waals surface area contributed by atoms with Crippen molar-refractivity contribution < 1.29 is 9.18 Å². The zero-order chi connectivity index (χ0) is 21.0. The van der Waals surface area contributed by atoms with Gasteiger partial charge in [0.2, 0.25) is 0 Å². The normalized spacial score (nSPS) is 12.8. The monoisotopic (exact) mass is 389 g/mol. The van der Waals surface area contributed by atoms with Crippen LogP contribution in [-0.4, -0.2) is 30.8 Å². The third-order valence-corrected chi connectivity index (χ3v) is 5.84. The maximum atomic E-state index is 14.2. The Bertz CT molecular complexity index is 927. The predicted octanol–water partition coefficient (Wildman–Crippen LogP) is 5.64. The van der Waals surface area contributed by atoms with Gasteiger partial charge in [0.25, 0.3) is 0 Å². The molecular weight excluding hydrogens is 361 g/mol. The Hall–Kier alpha value is -2.78. The first-order valence-electron chi connectivity index (χ1n) is 9.94. The summed E-state index contributed by atoms with van der Waals surface area (Å²) in [5, 5.41) is 0. The second kappa shape index (κ2) is 8.71. The smallest absolute Gasteiger partial charge is 0.178 e. The number of rotatable bonds is 7. The molecule has 150 valence electrons. The van der Waals surface area contributed by atoms with Crippen LogP contribution in [0.3, 0.4) is 0 Å². The number of nitrogens with zero attached hydrogens (tertiary/aromatic N) is 1. The van der Waals surface area contributed by atoms with Gasteiger partial charge >= 0.3 is 0 Å². The molecule has 3 heteroatoms. The molecule has 2 nitrogen and oxygen atoms in total. The number of carbonyl (C=O) groups is 1. The second-order valence-corrected chi connectivity index (χ2v) is 7.94. The highest BCUT2D eigenvalue weighted by Crippen LogP contribution is 2.41. The van der Waals surface area contributed by atoms with E-state index in [-0.39, 0.29) is 17.6 Å². The van der Waals surface area contributed by atoms with Gasteiger partial charge in [-0.2, -0.15) is 0 Å². The summed E-state index contributed by atoms with van der Waals surface area (Å²) in [6.45, 7) is 3.93. The number of Topliss-reactive ketones (excluding diaryl/α,β-unsaturated/α-hetero) is 1. The standard InChI is InChI=1S/C26H28FNO/c1-19-17-23(27)15-16-24(19)25(29)26(18-20(2)28(3)4,21-11-7-5-8-12-21)22-13-9-6-10-14-22/h5-17,20H,18H2,1-4H3/t20-/m0/s1. The first-order chi connectivity index (χ1) is 13.9. The van der Waals surface area contributed by atoms with E-state index in [0.29, 0.717) is 17.5 Å². The van der Waals surface area contributed by atoms with Crippen LogP contribution in [0.4, 0.5) is 4.39 Å². The Kier molecular flexibility index (Phi) is 6.29. The van der Waals surface area contributed by atoms with Crippen molar-refractivity contribution in [3.63, 3.8) is 0 Å². The van der Waals surface area contributed by atoms with Crippen LogP contribution in [-0.2, 0) is 5.41 Å². The Balaban J connectivity index is 2.30. The lowest BCUT2D eigenvalue weighted by atomic mass is 9.65. The van der Waals surface area contributed by atoms with Crippen molar-refractivity contribution in [3.05, 3.63) is 107 Å². The Morgan fingerprint density at radius 3 is 1.90 bits per heavy atom. The number of carbonyl (C=O) groups excluding carboxylic acids is 1. The lowest BCUT2D eigenvalue weighted by Gasteiger charge is -2.38. The maximum absolute atomic E-state index is 14.2. The third-order valence-electron chi connectivity index (χ3n) is 5.84. The van der Waals surface area contributed by atoms with E-state index in [4.69, 9.17) is 0 Å². The summed E-state index contributed by atoms with van der Waals surface area (Å²) in [7, 11) is 4.05. The SMILES string of the molecule is Cc1cc(F)ccc1C(=O)C(C[C@H](C)N(C)C)(c1ccccc1)c1ccccc1. The lowest BCUT2D eigenvalue weighted by Crippen LogP contribution is -2.43. The van der Waals surface area contributed by atoms with Crippen molar-refractivity contribution in [3.8, 4) is 0 Å². The average Bonchev–Trinajstić information content (AvgIpc) is 2.72. The summed E-state index contributed by atoms with van der Waals surface area (Å²) in [4.78, 5) is 16.3. The molecule has 0 radical (unpaired) electrons. The van der Waals surface area contributed by atoms with E-state index >= 15 is 0 Å². The van der Waals surface area contributed by atoms with E-state index in [1.807, 2.05) is 74.8 Å². The average molecular weight is 390 g/mol. The first kappa shape index (κ1) is 20.9. The van der Waals surface area contributed by atoms with Gasteiger partial charge in [-0.15, -0.1) is 0 Å². The zero-order valence-electron chi connectivity index (χ0n) is 17.5. The highest BCUT2D eigenvalue weighted by atomic mass is 19.1. The van der Waals surface area contributed by atoms with Gasteiger partial charge in [0.1, 0.15) is 5.82 Å². The highest BCUT2D eigenvalue weighted by Gasteiger charge is 2.44. The van der Waals surface area contributed by atoms with Gasteiger partial charge in [0, 0.05) is 11.6 Å². The fourth-order valence-corrected chi connectivity index (χ4v) is 3.94. The molecule has 0 fully saturated rings. The number of aryl methyl sites for hydroxylation is 1. The highest BCUT2D eigenvalue weighted by molar-refractivity contribution is 6.07. The molecule has 0 heterocycles. The molecule has 0 N–H and O–H groups in total. The molecule has 0 spiro atoms. The van der Waals surface area contributed by atoms with E-state index in [9.17, 15) is 9.18 Å². The fourth-order valence-electron chi connectivity index (χ4n) is 3.94. The number of halogens is 1. The lowest BCUT2D eigenvalue weighted by molar-refractivity contribution is 0.0881. The minimum atomic E-state index is -0.866. The molecule has 0 aliphatic carbocycles. The Labute approximate surface area is 173 Å². The number of benzene rings is 3. The van der Waals surface area contributed by atoms with Crippen molar-refractivity contribution in [1.29, 1.82) is 0 Å². The van der Waals surface area contributed by atoms with E-state index < -0.39 is 5.41 Å². The molecule has 0 aliphatic rings. The van der Waals surface area contributed by atoms with Crippen LogP contribution in [0.2, 0.25) is 0 Å². The van der Waals surface area contributed by atoms with Gasteiger partial charge in [-0.05, 0) is 69.3 Å². The van der Waals surface area contributed by atoms with Crippen LogP contribution in [0, 0.1) is 12.7 Å². The predicted molar refractivity (Wildman–Crippen MR) is 117 cm³/mol. The van der Waals surface area contributed by atoms with E-state index in [1.165, 1.54) is 12.1 Å². The largest absolute Gasteiger partial charge is 0.307 e. The molecule has 0 aliphatic heterocycles. The van der Waals surface area contributed by atoms with Crippen LogP contribution in [0.25, 0.3) is 0 Å². The molecule has 3 rings (SSSR count). The minimum absolute atomic E-state index is 0.00102. The molecule has 3 aromatic rings. The molecule has 0 saturated carbocycles. The zero-order valence-corrected chi connectivity index (χ0v) is 17.5. The van der Waals surface area contributed by atoms with Gasteiger partial charge in [-0.25, -0.2) is 4.39 Å². The quantitative estimate of drug-likeness (QED) is 0.487. The van der Waals surface area contributed by atoms with Gasteiger partial charge in [-0.3, -0.25) is 4.79 Å². The first-order valence-corrected chi connectivity index (χ1v) is 9.94. The molecule has 0 amide bonds. The van der Waals surface area contributed by atoms with Crippen LogP contribution in [0.5, 0.6) is 0 Å². The molecule has 0 unspecified atom stereocenters. The minimum Gasteiger partial charge on any atom is -0.307 e. The van der Waals surface area contributed by atoms with E-state index in [2.05, 4.69) is 11.8 Å². The molecule has 1 atom stereocenters. The third kappa shape index (κ3) is 4.15. The maximum Gasteiger partial charge on any atom is 0.178 e.